The van der Waals surface area contributed by atoms with Gasteiger partial charge in [-0.15, -0.1) is 0 Å². The maximum absolute atomic E-state index is 11.3. The van der Waals surface area contributed by atoms with Crippen molar-refractivity contribution in [2.75, 3.05) is 0 Å². The Kier molecular flexibility index (Phi) is 4.11. The van der Waals surface area contributed by atoms with Crippen LogP contribution in [0.3, 0.4) is 0 Å². The number of hydrogen-bond acceptors (Lipinski definition) is 2. The van der Waals surface area contributed by atoms with Gasteiger partial charge in [0.2, 0.25) is 0 Å². The lowest BCUT2D eigenvalue weighted by Gasteiger charge is -2.07. The molecule has 0 radical (unpaired) electrons. The quantitative estimate of drug-likeness (QED) is 0.747. The Balaban J connectivity index is 2.41. The Hall–Kier alpha value is -0.960. The van der Waals surface area contributed by atoms with Crippen LogP contribution in [0, 0.1) is 0 Å². The molecule has 0 spiro atoms. The summed E-state index contributed by atoms with van der Waals surface area (Å²) in [5.74, 6) is 0. The van der Waals surface area contributed by atoms with E-state index in [0.717, 1.165) is 4.90 Å². The second kappa shape index (κ2) is 5.58. The van der Waals surface area contributed by atoms with Crippen LogP contribution in [0.4, 0.5) is 0 Å². The van der Waals surface area contributed by atoms with Crippen molar-refractivity contribution in [3.63, 3.8) is 0 Å². The van der Waals surface area contributed by atoms with E-state index in [2.05, 4.69) is 0 Å². The average molecular weight is 283 g/mol. The van der Waals surface area contributed by atoms with Gasteiger partial charge in [0.1, 0.15) is 0 Å². The van der Waals surface area contributed by atoms with E-state index in [1.165, 1.54) is 11.8 Å². The van der Waals surface area contributed by atoms with Gasteiger partial charge in [0.25, 0.3) is 5.24 Å². The first-order valence-corrected chi connectivity index (χ1v) is 6.47. The van der Waals surface area contributed by atoms with Crippen LogP contribution < -0.4 is 0 Å². The van der Waals surface area contributed by atoms with Gasteiger partial charge in [0.15, 0.2) is 0 Å². The predicted octanol–water partition coefficient (Wildman–Crippen LogP) is 4.87. The molecule has 0 N–H and O–H groups in total. The molecule has 2 aromatic carbocycles. The van der Waals surface area contributed by atoms with Crippen LogP contribution in [0.1, 0.15) is 10.4 Å². The van der Waals surface area contributed by atoms with E-state index in [-0.39, 0.29) is 0 Å². The number of halogens is 2. The third-order valence-electron chi connectivity index (χ3n) is 2.14. The Morgan fingerprint density at radius 3 is 2.35 bits per heavy atom. The molecule has 0 saturated carbocycles. The molecule has 17 heavy (non-hydrogen) atoms. The third-order valence-corrected chi connectivity index (χ3v) is 3.92. The zero-order valence-electron chi connectivity index (χ0n) is 8.69. The van der Waals surface area contributed by atoms with Crippen molar-refractivity contribution in [1.29, 1.82) is 0 Å². The van der Waals surface area contributed by atoms with Gasteiger partial charge in [-0.05, 0) is 35.9 Å². The van der Waals surface area contributed by atoms with E-state index in [1.807, 2.05) is 30.3 Å². The molecule has 0 unspecified atom stereocenters. The highest BCUT2D eigenvalue weighted by Crippen LogP contribution is 2.36. The van der Waals surface area contributed by atoms with E-state index < -0.39 is 5.24 Å². The van der Waals surface area contributed by atoms with Crippen molar-refractivity contribution in [3.05, 3.63) is 59.1 Å². The number of rotatable bonds is 3. The molecule has 2 rings (SSSR count). The highest BCUT2D eigenvalue weighted by Gasteiger charge is 2.13. The Morgan fingerprint density at radius 1 is 1.00 bits per heavy atom. The molecule has 0 aromatic heterocycles. The summed E-state index contributed by atoms with van der Waals surface area (Å²) in [7, 11) is 0. The first-order valence-electron chi connectivity index (χ1n) is 4.90. The number of carbonyl (C=O) groups is 1. The van der Waals surface area contributed by atoms with Gasteiger partial charge >= 0.3 is 0 Å². The summed E-state index contributed by atoms with van der Waals surface area (Å²) >= 11 is 13.1. The van der Waals surface area contributed by atoms with Gasteiger partial charge in [-0.1, -0.05) is 47.6 Å². The summed E-state index contributed by atoms with van der Waals surface area (Å²) in [4.78, 5) is 13.0. The molecule has 1 nitrogen and oxygen atoms in total. The van der Waals surface area contributed by atoms with Crippen LogP contribution in [-0.2, 0) is 0 Å². The molecule has 0 aliphatic heterocycles. The monoisotopic (exact) mass is 282 g/mol. The van der Waals surface area contributed by atoms with Crippen LogP contribution in [0.15, 0.2) is 58.3 Å². The van der Waals surface area contributed by atoms with Crippen molar-refractivity contribution in [2.45, 2.75) is 9.79 Å². The van der Waals surface area contributed by atoms with Crippen LogP contribution >= 0.6 is 35.0 Å². The summed E-state index contributed by atoms with van der Waals surface area (Å²) < 4.78 is 0. The van der Waals surface area contributed by atoms with Crippen LogP contribution in [0.5, 0.6) is 0 Å². The van der Waals surface area contributed by atoms with Gasteiger partial charge in [-0.2, -0.15) is 0 Å². The predicted molar refractivity (Wildman–Crippen MR) is 72.2 cm³/mol. The fourth-order valence-electron chi connectivity index (χ4n) is 1.37. The lowest BCUT2D eigenvalue weighted by molar-refractivity contribution is 0.107. The van der Waals surface area contributed by atoms with Gasteiger partial charge < -0.3 is 0 Å². The molecule has 0 fully saturated rings. The third kappa shape index (κ3) is 3.03. The van der Waals surface area contributed by atoms with Crippen molar-refractivity contribution in [1.82, 2.24) is 0 Å². The Bertz CT molecular complexity index is 540. The normalized spacial score (nSPS) is 10.2. The van der Waals surface area contributed by atoms with Crippen molar-refractivity contribution in [2.24, 2.45) is 0 Å². The highest BCUT2D eigenvalue weighted by molar-refractivity contribution is 7.99. The lowest BCUT2D eigenvalue weighted by atomic mass is 10.2. The average Bonchev–Trinajstić information content (AvgIpc) is 2.33. The van der Waals surface area contributed by atoms with E-state index in [9.17, 15) is 4.79 Å². The summed E-state index contributed by atoms with van der Waals surface area (Å²) in [5.41, 5.74) is 0.438. The molecular weight excluding hydrogens is 275 g/mol. The fourth-order valence-corrected chi connectivity index (χ4v) is 2.84. The minimum Gasteiger partial charge on any atom is -0.276 e. The van der Waals surface area contributed by atoms with E-state index in [0.29, 0.717) is 15.5 Å². The molecule has 4 heteroatoms. The Morgan fingerprint density at radius 2 is 1.71 bits per heavy atom. The largest absolute Gasteiger partial charge is 0.276 e. The first-order chi connectivity index (χ1) is 8.18. The highest BCUT2D eigenvalue weighted by atomic mass is 35.5. The molecule has 0 aliphatic rings. The van der Waals surface area contributed by atoms with Crippen LogP contribution in [-0.4, -0.2) is 5.24 Å². The molecule has 0 atom stereocenters. The smallest absolute Gasteiger partial charge is 0.253 e. The zero-order valence-corrected chi connectivity index (χ0v) is 11.0. The number of carbonyl (C=O) groups excluding carboxylic acids is 1. The second-order valence-corrected chi connectivity index (χ2v) is 5.14. The van der Waals surface area contributed by atoms with Gasteiger partial charge in [-0.25, -0.2) is 0 Å². The molecule has 0 amide bonds. The summed E-state index contributed by atoms with van der Waals surface area (Å²) in [6, 6.07) is 14.8. The van der Waals surface area contributed by atoms with Gasteiger partial charge in [-0.3, -0.25) is 4.79 Å². The molecule has 0 bridgehead atoms. The van der Waals surface area contributed by atoms with Gasteiger partial charge in [0, 0.05) is 15.4 Å². The molecule has 0 aliphatic carbocycles. The second-order valence-electron chi connectivity index (χ2n) is 3.31. The maximum atomic E-state index is 11.3. The molecule has 2 aromatic rings. The summed E-state index contributed by atoms with van der Waals surface area (Å²) in [6.07, 6.45) is 0. The lowest BCUT2D eigenvalue weighted by Crippen LogP contribution is -1.92. The first kappa shape index (κ1) is 12.5. The summed E-state index contributed by atoms with van der Waals surface area (Å²) in [6.45, 7) is 0. The van der Waals surface area contributed by atoms with Gasteiger partial charge in [0.05, 0.1) is 5.02 Å². The van der Waals surface area contributed by atoms with Crippen molar-refractivity contribution < 1.29 is 4.79 Å². The summed E-state index contributed by atoms with van der Waals surface area (Å²) in [5, 5.41) is 0.0382. The van der Waals surface area contributed by atoms with Crippen molar-refractivity contribution in [3.8, 4) is 0 Å². The molecule has 0 heterocycles. The molecule has 86 valence electrons. The minimum atomic E-state index is -0.495. The SMILES string of the molecule is O=C(Cl)c1cccc(Cl)c1Sc1ccccc1. The minimum absolute atomic E-state index is 0.438. The number of benzene rings is 2. The van der Waals surface area contributed by atoms with Crippen LogP contribution in [0.25, 0.3) is 0 Å². The standard InChI is InChI=1S/C13H8Cl2OS/c14-11-8-4-7-10(13(15)16)12(11)17-9-5-2-1-3-6-9/h1-8H. The fraction of sp³-hybridized carbons (Fsp3) is 0. The maximum Gasteiger partial charge on any atom is 0.253 e. The zero-order chi connectivity index (χ0) is 12.3. The van der Waals surface area contributed by atoms with E-state index in [1.54, 1.807) is 18.2 Å². The van der Waals surface area contributed by atoms with Crippen molar-refractivity contribution >= 4 is 40.2 Å². The molecular formula is C13H8Cl2OS. The topological polar surface area (TPSA) is 17.1 Å². The van der Waals surface area contributed by atoms with E-state index >= 15 is 0 Å². The Labute approximate surface area is 114 Å². The number of hydrogen-bond donors (Lipinski definition) is 0. The molecule has 0 saturated heterocycles. The van der Waals surface area contributed by atoms with E-state index in [4.69, 9.17) is 23.2 Å². The van der Waals surface area contributed by atoms with Crippen LogP contribution in [0.2, 0.25) is 5.02 Å².